The zero-order chi connectivity index (χ0) is 38.7. The first-order chi connectivity index (χ1) is 25.4. The molecule has 1 amide bonds. The zero-order valence-corrected chi connectivity index (χ0v) is 34.7. The summed E-state index contributed by atoms with van der Waals surface area (Å²) in [6, 6.07) is 13.3. The highest BCUT2D eigenvalue weighted by atomic mass is 35.5. The molecule has 3 aliphatic heterocycles. The fraction of sp³-hybridized carbons (Fsp3) is 0.537. The first-order valence-electron chi connectivity index (χ1n) is 19.0. The molecule has 3 fully saturated rings. The number of amides is 1. The SMILES string of the molecule is CN1CCC[C@H]1COc1nc(N2CC3COCC(C2)N3C(=O)OC(C)(C)C)c2cc(Cl)c(-c3cc(O[Si](C)(C)C(C)(C)C)cc4ccccc34)c(F)c2n1. The Bertz CT molecular complexity index is 2060. The van der Waals surface area contributed by atoms with Crippen LogP contribution in [0.4, 0.5) is 15.0 Å². The number of piperazine rings is 1. The van der Waals surface area contributed by atoms with Crippen molar-refractivity contribution in [2.45, 2.75) is 96.2 Å². The predicted molar refractivity (Wildman–Crippen MR) is 215 cm³/mol. The molecule has 3 aromatic carbocycles. The number of fused-ring (bicyclic) bond motifs is 4. The van der Waals surface area contributed by atoms with Crippen LogP contribution in [-0.2, 0) is 9.47 Å². The summed E-state index contributed by atoms with van der Waals surface area (Å²) in [5, 5.41) is 2.43. The Balaban J connectivity index is 1.35. The molecule has 3 saturated heterocycles. The van der Waals surface area contributed by atoms with Gasteiger partial charge in [0.25, 0.3) is 0 Å². The summed E-state index contributed by atoms with van der Waals surface area (Å²) in [4.78, 5) is 29.2. The van der Waals surface area contributed by atoms with E-state index < -0.39 is 19.7 Å². The van der Waals surface area contributed by atoms with Crippen molar-refractivity contribution in [3.05, 3.63) is 53.3 Å². The molecule has 4 aromatic rings. The van der Waals surface area contributed by atoms with Crippen molar-refractivity contribution in [2.75, 3.05) is 51.4 Å². The number of halogens is 2. The quantitative estimate of drug-likeness (QED) is 0.171. The van der Waals surface area contributed by atoms with E-state index >= 15 is 4.39 Å². The number of anilines is 1. The summed E-state index contributed by atoms with van der Waals surface area (Å²) in [5.74, 6) is 0.618. The molecule has 10 nitrogen and oxygen atoms in total. The van der Waals surface area contributed by atoms with Gasteiger partial charge in [0.1, 0.15) is 29.3 Å². The highest BCUT2D eigenvalue weighted by molar-refractivity contribution is 6.74. The molecule has 0 N–H and O–H groups in total. The first kappa shape index (κ1) is 38.6. The lowest BCUT2D eigenvalue weighted by molar-refractivity contribution is -0.0665. The normalized spacial score (nSPS) is 21.2. The molecule has 2 bridgehead atoms. The molecule has 1 aromatic heterocycles. The van der Waals surface area contributed by atoms with Crippen LogP contribution in [0.2, 0.25) is 23.2 Å². The average Bonchev–Trinajstić information content (AvgIpc) is 3.49. The van der Waals surface area contributed by atoms with Crippen molar-refractivity contribution < 1.29 is 27.8 Å². The minimum Gasteiger partial charge on any atom is -0.543 e. The molecular weight excluding hydrogens is 725 g/mol. The topological polar surface area (TPSA) is 89.5 Å². The fourth-order valence-electron chi connectivity index (χ4n) is 7.52. The van der Waals surface area contributed by atoms with Gasteiger partial charge in [-0.15, -0.1) is 0 Å². The zero-order valence-electron chi connectivity index (χ0n) is 33.0. The Morgan fingerprint density at radius 3 is 2.37 bits per heavy atom. The molecule has 3 aliphatic rings. The lowest BCUT2D eigenvalue weighted by atomic mass is 9.96. The van der Waals surface area contributed by atoms with Gasteiger partial charge in [-0.3, -0.25) is 4.90 Å². The Morgan fingerprint density at radius 2 is 1.72 bits per heavy atom. The van der Waals surface area contributed by atoms with E-state index in [1.165, 1.54) is 0 Å². The number of nitrogens with zero attached hydrogens (tertiary/aromatic N) is 5. The maximum absolute atomic E-state index is 17.5. The van der Waals surface area contributed by atoms with Crippen molar-refractivity contribution in [3.63, 3.8) is 0 Å². The largest absolute Gasteiger partial charge is 0.543 e. The van der Waals surface area contributed by atoms with E-state index in [-0.39, 0.29) is 51.4 Å². The van der Waals surface area contributed by atoms with Gasteiger partial charge in [0.15, 0.2) is 5.82 Å². The third-order valence-electron chi connectivity index (χ3n) is 11.4. The second kappa shape index (κ2) is 14.4. The molecule has 0 spiro atoms. The highest BCUT2D eigenvalue weighted by Gasteiger charge is 2.44. The van der Waals surface area contributed by atoms with Crippen molar-refractivity contribution in [3.8, 4) is 22.9 Å². The number of likely N-dealkylation sites (tertiary alicyclic amines) is 1. The molecule has 0 aliphatic carbocycles. The second-order valence-corrected chi connectivity index (χ2v) is 22.7. The third kappa shape index (κ3) is 7.59. The lowest BCUT2D eigenvalue weighted by Gasteiger charge is -2.49. The Morgan fingerprint density at radius 1 is 1.02 bits per heavy atom. The smallest absolute Gasteiger partial charge is 0.411 e. The van der Waals surface area contributed by atoms with Gasteiger partial charge in [-0.1, -0.05) is 56.6 Å². The van der Waals surface area contributed by atoms with Crippen LogP contribution in [0.25, 0.3) is 32.8 Å². The number of hydrogen-bond acceptors (Lipinski definition) is 9. The van der Waals surface area contributed by atoms with Gasteiger partial charge in [-0.25, -0.2) is 9.18 Å². The standard InChI is InChI=1S/C41H53ClFN5O5Si/c1-40(2,3)52-39(49)48-27-20-47(21-28(48)23-50-22-27)37-32-19-33(42)34(35(43)36(32)44-38(45-37)51-24-26-14-12-16-46(26)7)31-18-29(53-54(8,9)41(4,5)6)17-25-13-10-11-15-30(25)31/h10-11,13,15,17-19,26-28H,12,14,16,20-24H2,1-9H3/t26-,27?,28?/m0/s1. The first-order valence-corrected chi connectivity index (χ1v) is 22.3. The predicted octanol–water partition coefficient (Wildman–Crippen LogP) is 8.92. The lowest BCUT2D eigenvalue weighted by Crippen LogP contribution is -2.66. The van der Waals surface area contributed by atoms with E-state index in [9.17, 15) is 4.79 Å². The summed E-state index contributed by atoms with van der Waals surface area (Å²) < 4.78 is 42.3. The molecule has 13 heteroatoms. The molecule has 3 atom stereocenters. The molecule has 54 heavy (non-hydrogen) atoms. The van der Waals surface area contributed by atoms with Crippen LogP contribution in [0.5, 0.6) is 11.8 Å². The summed E-state index contributed by atoms with van der Waals surface area (Å²) >= 11 is 7.17. The van der Waals surface area contributed by atoms with Gasteiger partial charge in [0.05, 0.1) is 30.3 Å². The van der Waals surface area contributed by atoms with Gasteiger partial charge >= 0.3 is 12.1 Å². The number of aromatic nitrogens is 2. The maximum Gasteiger partial charge on any atom is 0.411 e. The highest BCUT2D eigenvalue weighted by Crippen LogP contribution is 2.45. The van der Waals surface area contributed by atoms with Gasteiger partial charge in [-0.05, 0) is 99.9 Å². The minimum atomic E-state index is -2.24. The van der Waals surface area contributed by atoms with Crippen LogP contribution in [0.1, 0.15) is 54.4 Å². The number of likely N-dealkylation sites (N-methyl/N-ethyl adjacent to an activating group) is 1. The number of benzene rings is 3. The third-order valence-corrected chi connectivity index (χ3v) is 16.0. The summed E-state index contributed by atoms with van der Waals surface area (Å²) in [6.07, 6.45) is 1.72. The van der Waals surface area contributed by atoms with Crippen molar-refractivity contribution in [1.29, 1.82) is 0 Å². The number of ether oxygens (including phenoxy) is 3. The molecule has 7 rings (SSSR count). The molecule has 0 radical (unpaired) electrons. The van der Waals surface area contributed by atoms with Crippen molar-refractivity contribution in [1.82, 2.24) is 19.8 Å². The molecular formula is C41H53ClFN5O5Si. The monoisotopic (exact) mass is 777 g/mol. The van der Waals surface area contributed by atoms with Crippen LogP contribution in [-0.4, -0.2) is 104 Å². The molecule has 0 saturated carbocycles. The van der Waals surface area contributed by atoms with E-state index in [1.54, 1.807) is 11.0 Å². The van der Waals surface area contributed by atoms with Crippen molar-refractivity contribution >= 4 is 53.5 Å². The van der Waals surface area contributed by atoms with Crippen LogP contribution in [0.15, 0.2) is 42.5 Å². The number of carbonyl (C=O) groups excluding carboxylic acids is 1. The Kier molecular flexibility index (Phi) is 10.3. The molecule has 290 valence electrons. The number of carbonyl (C=O) groups is 1. The van der Waals surface area contributed by atoms with Gasteiger partial charge in [-0.2, -0.15) is 9.97 Å². The summed E-state index contributed by atoms with van der Waals surface area (Å²) in [7, 11) is -0.152. The van der Waals surface area contributed by atoms with Crippen LogP contribution < -0.4 is 14.1 Å². The van der Waals surface area contributed by atoms with Gasteiger partial charge in [0, 0.05) is 30.1 Å². The number of rotatable bonds is 7. The van der Waals surface area contributed by atoms with Gasteiger partial charge in [0.2, 0.25) is 8.32 Å². The molecule has 4 heterocycles. The summed E-state index contributed by atoms with van der Waals surface area (Å²) in [5.41, 5.74) is 0.343. The summed E-state index contributed by atoms with van der Waals surface area (Å²) in [6.45, 7) is 19.4. The minimum absolute atomic E-state index is 0.0370. The average molecular weight is 778 g/mol. The van der Waals surface area contributed by atoms with Crippen molar-refractivity contribution in [2.24, 2.45) is 0 Å². The van der Waals surface area contributed by atoms with E-state index in [0.717, 1.165) is 30.2 Å². The fourth-order valence-corrected chi connectivity index (χ4v) is 8.83. The Hall–Kier alpha value is -3.71. The van der Waals surface area contributed by atoms with Crippen LogP contribution in [0.3, 0.4) is 0 Å². The van der Waals surface area contributed by atoms with Crippen LogP contribution >= 0.6 is 11.6 Å². The van der Waals surface area contributed by atoms with Crippen LogP contribution in [0, 0.1) is 5.82 Å². The van der Waals surface area contributed by atoms with E-state index in [2.05, 4.69) is 50.7 Å². The number of hydrogen-bond donors (Lipinski definition) is 0. The van der Waals surface area contributed by atoms with Gasteiger partial charge < -0.3 is 28.4 Å². The van der Waals surface area contributed by atoms with E-state index in [0.29, 0.717) is 55.4 Å². The van der Waals surface area contributed by atoms with E-state index in [4.69, 9.17) is 40.2 Å². The second-order valence-electron chi connectivity index (χ2n) is 17.6. The van der Waals surface area contributed by atoms with E-state index in [1.807, 2.05) is 57.2 Å². The Labute approximate surface area is 324 Å². The maximum atomic E-state index is 17.5. The molecule has 2 unspecified atom stereocenters. The number of morpholine rings is 1.